The molecule has 1 N–H and O–H groups in total. The van der Waals surface area contributed by atoms with Crippen molar-refractivity contribution in [2.45, 2.75) is 25.7 Å². The van der Waals surface area contributed by atoms with Crippen LogP contribution in [0.4, 0.5) is 0 Å². The highest BCUT2D eigenvalue weighted by atomic mass is 16.2. The summed E-state index contributed by atoms with van der Waals surface area (Å²) < 4.78 is 0. The number of rotatable bonds is 10. The predicted octanol–water partition coefficient (Wildman–Crippen LogP) is 5.00. The molecule has 0 saturated carbocycles. The van der Waals surface area contributed by atoms with Crippen molar-refractivity contribution in [1.29, 1.82) is 0 Å². The number of benzene rings is 3. The molecule has 0 fully saturated rings. The number of carbonyl (C=O) groups excluding carboxylic acids is 2. The Labute approximate surface area is 197 Å². The van der Waals surface area contributed by atoms with Crippen LogP contribution in [-0.4, -0.2) is 37.4 Å². The molecule has 4 nitrogen and oxygen atoms in total. The van der Waals surface area contributed by atoms with Gasteiger partial charge in [0.2, 0.25) is 11.8 Å². The van der Waals surface area contributed by atoms with Gasteiger partial charge in [-0.3, -0.25) is 9.59 Å². The van der Waals surface area contributed by atoms with E-state index in [1.807, 2.05) is 67.7 Å². The maximum absolute atomic E-state index is 12.6. The minimum absolute atomic E-state index is 0.0297. The van der Waals surface area contributed by atoms with Crippen LogP contribution in [0.15, 0.2) is 84.9 Å². The first kappa shape index (κ1) is 24.0. The van der Waals surface area contributed by atoms with E-state index in [9.17, 15) is 9.59 Å². The Morgan fingerprint density at radius 3 is 2.09 bits per heavy atom. The smallest absolute Gasteiger partial charge is 0.226 e. The fourth-order valence-corrected chi connectivity index (χ4v) is 3.63. The van der Waals surface area contributed by atoms with Crippen LogP contribution < -0.4 is 5.32 Å². The van der Waals surface area contributed by atoms with Crippen molar-refractivity contribution in [1.82, 2.24) is 10.2 Å². The summed E-state index contributed by atoms with van der Waals surface area (Å²) in [5.41, 5.74) is 5.51. The molecule has 0 aromatic heterocycles. The summed E-state index contributed by atoms with van der Waals surface area (Å²) in [5.74, 6) is 0.145. The maximum Gasteiger partial charge on any atom is 0.226 e. The van der Waals surface area contributed by atoms with Gasteiger partial charge in [0, 0.05) is 27.1 Å². The number of carbonyl (C=O) groups is 2. The van der Waals surface area contributed by atoms with Crippen molar-refractivity contribution >= 4 is 23.5 Å². The fraction of sp³-hybridized carbons (Fsp3) is 0.241. The van der Waals surface area contributed by atoms with Gasteiger partial charge in [0.05, 0.1) is 6.42 Å². The molecule has 0 radical (unpaired) electrons. The molecule has 0 atom stereocenters. The minimum Gasteiger partial charge on any atom is -0.359 e. The number of hydrogen-bond donors (Lipinski definition) is 1. The van der Waals surface area contributed by atoms with Crippen LogP contribution in [0.1, 0.15) is 35.1 Å². The second kappa shape index (κ2) is 12.4. The third-order valence-electron chi connectivity index (χ3n) is 5.73. The number of likely N-dealkylation sites (N-methyl/N-ethyl adjacent to an activating group) is 1. The molecule has 0 aliphatic carbocycles. The lowest BCUT2D eigenvalue weighted by molar-refractivity contribution is -0.129. The molecule has 0 heterocycles. The van der Waals surface area contributed by atoms with Gasteiger partial charge in [0.15, 0.2) is 0 Å². The van der Waals surface area contributed by atoms with Gasteiger partial charge >= 0.3 is 0 Å². The summed E-state index contributed by atoms with van der Waals surface area (Å²) >= 11 is 0. The Balaban J connectivity index is 1.62. The lowest BCUT2D eigenvalue weighted by Gasteiger charge is -2.17. The average molecular weight is 441 g/mol. The maximum atomic E-state index is 12.6. The number of nitrogens with one attached hydrogen (secondary N) is 1. The van der Waals surface area contributed by atoms with Crippen molar-refractivity contribution in [3.05, 3.63) is 107 Å². The normalized spacial score (nSPS) is 11.2. The minimum atomic E-state index is 0.0297. The molecular weight excluding hydrogens is 408 g/mol. The molecule has 3 aromatic carbocycles. The number of amides is 2. The molecule has 3 aromatic rings. The topological polar surface area (TPSA) is 49.4 Å². The SMILES string of the molecule is CNC(=O)CCC(=Cc1ccc(CC(=O)N(C)CCc2ccccc2)cc1)c1ccccc1. The first-order valence-corrected chi connectivity index (χ1v) is 11.4. The number of nitrogens with zero attached hydrogens (tertiary/aromatic N) is 1. The van der Waals surface area contributed by atoms with E-state index in [0.717, 1.165) is 28.7 Å². The lowest BCUT2D eigenvalue weighted by atomic mass is 9.97. The van der Waals surface area contributed by atoms with Gasteiger partial charge in [-0.05, 0) is 40.7 Å². The molecule has 0 bridgehead atoms. The Kier molecular flexibility index (Phi) is 9.01. The van der Waals surface area contributed by atoms with Crippen molar-refractivity contribution < 1.29 is 9.59 Å². The molecular formula is C29H32N2O2. The van der Waals surface area contributed by atoms with Crippen molar-refractivity contribution in [2.75, 3.05) is 20.6 Å². The zero-order valence-electron chi connectivity index (χ0n) is 19.5. The van der Waals surface area contributed by atoms with Crippen LogP contribution in [0.2, 0.25) is 0 Å². The van der Waals surface area contributed by atoms with Crippen molar-refractivity contribution in [2.24, 2.45) is 0 Å². The van der Waals surface area contributed by atoms with Gasteiger partial charge < -0.3 is 10.2 Å². The predicted molar refractivity (Wildman–Crippen MR) is 136 cm³/mol. The quantitative estimate of drug-likeness (QED) is 0.451. The Morgan fingerprint density at radius 1 is 0.818 bits per heavy atom. The van der Waals surface area contributed by atoms with Crippen LogP contribution in [0, 0.1) is 0 Å². The zero-order valence-corrected chi connectivity index (χ0v) is 19.5. The Bertz CT molecular complexity index is 1060. The highest BCUT2D eigenvalue weighted by Gasteiger charge is 2.10. The average Bonchev–Trinajstić information content (AvgIpc) is 2.86. The molecule has 0 aliphatic rings. The summed E-state index contributed by atoms with van der Waals surface area (Å²) in [4.78, 5) is 26.2. The standard InChI is InChI=1S/C29H32N2O2/c1-30-28(32)18-17-27(26-11-7-4-8-12-26)21-24-13-15-25(16-14-24)22-29(33)31(2)20-19-23-9-5-3-6-10-23/h3-16,21H,17-20,22H2,1-2H3,(H,30,32). The summed E-state index contributed by atoms with van der Waals surface area (Å²) in [7, 11) is 3.52. The van der Waals surface area contributed by atoms with Crippen LogP contribution in [0.5, 0.6) is 0 Å². The van der Waals surface area contributed by atoms with Gasteiger partial charge in [-0.2, -0.15) is 0 Å². The third kappa shape index (κ3) is 7.76. The summed E-state index contributed by atoms with van der Waals surface area (Å²) in [6.07, 6.45) is 4.47. The second-order valence-electron chi connectivity index (χ2n) is 8.18. The molecule has 0 spiro atoms. The van der Waals surface area contributed by atoms with Gasteiger partial charge in [0.1, 0.15) is 0 Å². The van der Waals surface area contributed by atoms with Crippen LogP contribution in [-0.2, 0) is 22.4 Å². The van der Waals surface area contributed by atoms with E-state index in [4.69, 9.17) is 0 Å². The molecule has 33 heavy (non-hydrogen) atoms. The Morgan fingerprint density at radius 2 is 1.45 bits per heavy atom. The van der Waals surface area contributed by atoms with Crippen LogP contribution in [0.25, 0.3) is 11.6 Å². The molecule has 4 heteroatoms. The molecule has 0 unspecified atom stereocenters. The molecule has 0 saturated heterocycles. The van der Waals surface area contributed by atoms with E-state index >= 15 is 0 Å². The van der Waals surface area contributed by atoms with Crippen molar-refractivity contribution in [3.63, 3.8) is 0 Å². The molecule has 2 amide bonds. The first-order chi connectivity index (χ1) is 16.0. The van der Waals surface area contributed by atoms with Crippen molar-refractivity contribution in [3.8, 4) is 0 Å². The molecule has 3 rings (SSSR count). The fourth-order valence-electron chi connectivity index (χ4n) is 3.63. The van der Waals surface area contributed by atoms with E-state index in [-0.39, 0.29) is 11.8 Å². The summed E-state index contributed by atoms with van der Waals surface area (Å²) in [6, 6.07) is 28.4. The summed E-state index contributed by atoms with van der Waals surface area (Å²) in [6.45, 7) is 0.704. The van der Waals surface area contributed by atoms with E-state index in [1.54, 1.807) is 11.9 Å². The summed E-state index contributed by atoms with van der Waals surface area (Å²) in [5, 5.41) is 2.69. The van der Waals surface area contributed by atoms with E-state index in [0.29, 0.717) is 25.8 Å². The zero-order chi connectivity index (χ0) is 23.5. The van der Waals surface area contributed by atoms with Gasteiger partial charge in [-0.1, -0.05) is 91.0 Å². The number of hydrogen-bond acceptors (Lipinski definition) is 2. The third-order valence-corrected chi connectivity index (χ3v) is 5.73. The van der Waals surface area contributed by atoms with Gasteiger partial charge in [-0.15, -0.1) is 0 Å². The molecule has 170 valence electrons. The molecule has 0 aliphatic heterocycles. The van der Waals surface area contributed by atoms with Gasteiger partial charge in [0.25, 0.3) is 0 Å². The first-order valence-electron chi connectivity index (χ1n) is 11.4. The second-order valence-corrected chi connectivity index (χ2v) is 8.18. The van der Waals surface area contributed by atoms with Crippen LogP contribution >= 0.6 is 0 Å². The lowest BCUT2D eigenvalue weighted by Crippen LogP contribution is -2.30. The van der Waals surface area contributed by atoms with Gasteiger partial charge in [-0.25, -0.2) is 0 Å². The Hall–Kier alpha value is -3.66. The number of allylic oxidation sites excluding steroid dienone is 1. The van der Waals surface area contributed by atoms with E-state index in [1.165, 1.54) is 5.56 Å². The largest absolute Gasteiger partial charge is 0.359 e. The monoisotopic (exact) mass is 440 g/mol. The highest BCUT2D eigenvalue weighted by Crippen LogP contribution is 2.23. The highest BCUT2D eigenvalue weighted by molar-refractivity contribution is 5.85. The van der Waals surface area contributed by atoms with E-state index < -0.39 is 0 Å². The van der Waals surface area contributed by atoms with Crippen LogP contribution in [0.3, 0.4) is 0 Å². The van der Waals surface area contributed by atoms with E-state index in [2.05, 4.69) is 35.7 Å².